The van der Waals surface area contributed by atoms with Gasteiger partial charge in [0.1, 0.15) is 5.82 Å². The number of halogens is 1. The van der Waals surface area contributed by atoms with Gasteiger partial charge >= 0.3 is 0 Å². The summed E-state index contributed by atoms with van der Waals surface area (Å²) in [5.74, 6) is 0.0439. The van der Waals surface area contributed by atoms with Gasteiger partial charge in [0, 0.05) is 18.7 Å². The van der Waals surface area contributed by atoms with E-state index < -0.39 is 15.7 Å². The standard InChI is InChI=1S/C21H21FN2O3S/c22-17-10-12-18(13-11-17)28(25,26)20-21(24-14-6-1-2-7-15-24)27-19(23-20)16-8-4-3-5-9-16/h3-5,8-13H,1-2,6-7,14-15H2. The molecule has 2 heterocycles. The lowest BCUT2D eigenvalue weighted by Crippen LogP contribution is -2.25. The average molecular weight is 400 g/mol. The van der Waals surface area contributed by atoms with Crippen molar-refractivity contribution in [3.63, 3.8) is 0 Å². The first-order chi connectivity index (χ1) is 13.6. The van der Waals surface area contributed by atoms with E-state index in [0.717, 1.165) is 50.9 Å². The second-order valence-electron chi connectivity index (χ2n) is 6.85. The van der Waals surface area contributed by atoms with Crippen molar-refractivity contribution in [2.24, 2.45) is 0 Å². The Hall–Kier alpha value is -2.67. The molecule has 1 aliphatic rings. The number of anilines is 1. The van der Waals surface area contributed by atoms with Crippen molar-refractivity contribution in [1.29, 1.82) is 0 Å². The Morgan fingerprint density at radius 2 is 1.54 bits per heavy atom. The van der Waals surface area contributed by atoms with Crippen molar-refractivity contribution >= 4 is 15.7 Å². The van der Waals surface area contributed by atoms with Crippen LogP contribution in [-0.2, 0) is 9.84 Å². The summed E-state index contributed by atoms with van der Waals surface area (Å²) in [5.41, 5.74) is 0.708. The van der Waals surface area contributed by atoms with Crippen LogP contribution in [0.1, 0.15) is 25.7 Å². The molecule has 0 atom stereocenters. The topological polar surface area (TPSA) is 63.4 Å². The fourth-order valence-electron chi connectivity index (χ4n) is 3.38. The van der Waals surface area contributed by atoms with Gasteiger partial charge in [-0.05, 0) is 49.2 Å². The van der Waals surface area contributed by atoms with Gasteiger partial charge in [0.25, 0.3) is 0 Å². The molecule has 28 heavy (non-hydrogen) atoms. The third-order valence-corrected chi connectivity index (χ3v) is 6.54. The van der Waals surface area contributed by atoms with Gasteiger partial charge in [-0.2, -0.15) is 4.98 Å². The fourth-order valence-corrected chi connectivity index (χ4v) is 4.70. The Morgan fingerprint density at radius 1 is 0.893 bits per heavy atom. The van der Waals surface area contributed by atoms with E-state index in [0.29, 0.717) is 5.56 Å². The van der Waals surface area contributed by atoms with E-state index in [1.54, 1.807) is 0 Å². The number of hydrogen-bond donors (Lipinski definition) is 0. The van der Waals surface area contributed by atoms with E-state index in [2.05, 4.69) is 4.98 Å². The molecule has 0 saturated carbocycles. The number of oxazole rings is 1. The quantitative estimate of drug-likeness (QED) is 0.594. The van der Waals surface area contributed by atoms with Gasteiger partial charge in [-0.1, -0.05) is 31.0 Å². The highest BCUT2D eigenvalue weighted by Crippen LogP contribution is 2.35. The van der Waals surface area contributed by atoms with Crippen LogP contribution < -0.4 is 4.90 Å². The molecule has 0 aliphatic carbocycles. The van der Waals surface area contributed by atoms with Crippen LogP contribution >= 0.6 is 0 Å². The lowest BCUT2D eigenvalue weighted by molar-refractivity contribution is 0.543. The number of nitrogens with zero attached hydrogens (tertiary/aromatic N) is 2. The van der Waals surface area contributed by atoms with Crippen molar-refractivity contribution in [1.82, 2.24) is 4.98 Å². The predicted molar refractivity (Wildman–Crippen MR) is 104 cm³/mol. The Balaban J connectivity index is 1.84. The Morgan fingerprint density at radius 3 is 2.18 bits per heavy atom. The highest BCUT2D eigenvalue weighted by atomic mass is 32.2. The lowest BCUT2D eigenvalue weighted by Gasteiger charge is -2.20. The van der Waals surface area contributed by atoms with Crippen molar-refractivity contribution in [2.75, 3.05) is 18.0 Å². The van der Waals surface area contributed by atoms with Gasteiger partial charge in [0.2, 0.25) is 26.6 Å². The summed E-state index contributed by atoms with van der Waals surface area (Å²) in [4.78, 5) is 6.33. The van der Waals surface area contributed by atoms with E-state index >= 15 is 0 Å². The first-order valence-corrected chi connectivity index (χ1v) is 10.9. The third-order valence-electron chi connectivity index (χ3n) is 4.87. The molecular formula is C21H21FN2O3S. The van der Waals surface area contributed by atoms with Crippen LogP contribution in [0.15, 0.2) is 68.9 Å². The van der Waals surface area contributed by atoms with Crippen LogP contribution in [0, 0.1) is 5.82 Å². The van der Waals surface area contributed by atoms with Gasteiger partial charge < -0.3 is 9.32 Å². The molecule has 1 aliphatic heterocycles. The fraction of sp³-hybridized carbons (Fsp3) is 0.286. The second kappa shape index (κ2) is 7.75. The van der Waals surface area contributed by atoms with Crippen molar-refractivity contribution < 1.29 is 17.2 Å². The molecule has 0 spiro atoms. The number of sulfone groups is 1. The predicted octanol–water partition coefficient (Wildman–Crippen LogP) is 4.69. The maximum atomic E-state index is 13.3. The Bertz CT molecular complexity index is 1040. The average Bonchev–Trinajstić information content (AvgIpc) is 2.99. The lowest BCUT2D eigenvalue weighted by atomic mass is 10.2. The summed E-state index contributed by atoms with van der Waals surface area (Å²) in [6.07, 6.45) is 4.15. The molecule has 146 valence electrons. The van der Waals surface area contributed by atoms with Crippen LogP contribution in [0.3, 0.4) is 0 Å². The summed E-state index contributed by atoms with van der Waals surface area (Å²) >= 11 is 0. The molecule has 0 unspecified atom stereocenters. The molecule has 1 aromatic heterocycles. The van der Waals surface area contributed by atoms with Crippen LogP contribution in [0.5, 0.6) is 0 Å². The molecule has 1 fully saturated rings. The van der Waals surface area contributed by atoms with Crippen molar-refractivity contribution in [3.05, 3.63) is 60.4 Å². The molecule has 0 radical (unpaired) electrons. The second-order valence-corrected chi connectivity index (χ2v) is 8.72. The van der Waals surface area contributed by atoms with E-state index in [1.807, 2.05) is 35.2 Å². The monoisotopic (exact) mass is 400 g/mol. The largest absolute Gasteiger partial charge is 0.419 e. The number of hydrogen-bond acceptors (Lipinski definition) is 5. The van der Waals surface area contributed by atoms with Gasteiger partial charge in [-0.15, -0.1) is 0 Å². The number of aromatic nitrogens is 1. The highest BCUT2D eigenvalue weighted by Gasteiger charge is 2.31. The minimum atomic E-state index is -3.95. The van der Waals surface area contributed by atoms with Crippen LogP contribution in [-0.4, -0.2) is 26.5 Å². The van der Waals surface area contributed by atoms with E-state index in [-0.39, 0.29) is 21.7 Å². The van der Waals surface area contributed by atoms with Crippen LogP contribution in [0.2, 0.25) is 0 Å². The molecule has 0 amide bonds. The zero-order chi connectivity index (χ0) is 19.6. The van der Waals surface area contributed by atoms with Gasteiger partial charge in [0.15, 0.2) is 0 Å². The number of benzene rings is 2. The molecule has 0 N–H and O–H groups in total. The third kappa shape index (κ3) is 3.67. The first-order valence-electron chi connectivity index (χ1n) is 9.37. The van der Waals surface area contributed by atoms with Crippen molar-refractivity contribution in [2.45, 2.75) is 35.6 Å². The van der Waals surface area contributed by atoms with Crippen LogP contribution in [0.4, 0.5) is 10.3 Å². The first kappa shape index (κ1) is 18.7. The SMILES string of the molecule is O=S(=O)(c1ccc(F)cc1)c1nc(-c2ccccc2)oc1N1CCCCCC1. The summed E-state index contributed by atoms with van der Waals surface area (Å²) in [6.45, 7) is 1.44. The molecule has 0 bridgehead atoms. The van der Waals surface area contributed by atoms with Gasteiger partial charge in [0.05, 0.1) is 4.90 Å². The van der Waals surface area contributed by atoms with Gasteiger partial charge in [-0.25, -0.2) is 12.8 Å². The summed E-state index contributed by atoms with van der Waals surface area (Å²) in [6, 6.07) is 14.0. The minimum Gasteiger partial charge on any atom is -0.419 e. The van der Waals surface area contributed by atoms with E-state index in [1.165, 1.54) is 12.1 Å². The minimum absolute atomic E-state index is 0.00196. The van der Waals surface area contributed by atoms with Crippen molar-refractivity contribution in [3.8, 4) is 11.5 Å². The maximum Gasteiger partial charge on any atom is 0.236 e. The smallest absolute Gasteiger partial charge is 0.236 e. The van der Waals surface area contributed by atoms with Crippen LogP contribution in [0.25, 0.3) is 11.5 Å². The zero-order valence-electron chi connectivity index (χ0n) is 15.3. The molecule has 2 aromatic carbocycles. The van der Waals surface area contributed by atoms with E-state index in [4.69, 9.17) is 4.42 Å². The number of rotatable bonds is 4. The summed E-state index contributed by atoms with van der Waals surface area (Å²) in [7, 11) is -3.95. The normalized spacial score (nSPS) is 15.4. The Kier molecular flexibility index (Phi) is 5.17. The zero-order valence-corrected chi connectivity index (χ0v) is 16.2. The summed E-state index contributed by atoms with van der Waals surface area (Å²) < 4.78 is 45.8. The maximum absolute atomic E-state index is 13.3. The van der Waals surface area contributed by atoms with E-state index in [9.17, 15) is 12.8 Å². The molecule has 4 rings (SSSR count). The highest BCUT2D eigenvalue weighted by molar-refractivity contribution is 7.91. The molecule has 1 saturated heterocycles. The van der Waals surface area contributed by atoms with Gasteiger partial charge in [-0.3, -0.25) is 0 Å². The molecular weight excluding hydrogens is 379 g/mol. The summed E-state index contributed by atoms with van der Waals surface area (Å²) in [5, 5.41) is -0.111. The molecule has 7 heteroatoms. The molecule has 3 aromatic rings. The Labute approximate surface area is 163 Å². The molecule has 5 nitrogen and oxygen atoms in total.